The van der Waals surface area contributed by atoms with Gasteiger partial charge in [-0.25, -0.2) is 4.79 Å². The molecule has 3 atom stereocenters. The standard InChI is InChI=1S/C24H26ClF6N3O2/c1-15(16-9-18(23(26,27)28)11-19(10-16)24(29,30)31)36-13-22(17-5-3-2-4-6-17)8-7-20(12-33-22)34-21(35)32-14-25/h2-6,9-11,15,20,33H,7-8,12-14H2,1H3,(H2,32,34,35)/t15?,20-,22+/m0/s1. The molecule has 5 nitrogen and oxygen atoms in total. The first-order valence-electron chi connectivity index (χ1n) is 11.2. The summed E-state index contributed by atoms with van der Waals surface area (Å²) in [5.74, 6) is 0. The predicted molar refractivity (Wildman–Crippen MR) is 122 cm³/mol. The van der Waals surface area contributed by atoms with Crippen molar-refractivity contribution in [1.82, 2.24) is 16.0 Å². The van der Waals surface area contributed by atoms with Gasteiger partial charge in [-0.05, 0) is 49.1 Å². The quantitative estimate of drug-likeness (QED) is 0.232. The Kier molecular flexibility index (Phi) is 8.79. The first-order chi connectivity index (χ1) is 16.8. The Morgan fingerprint density at radius 3 is 2.22 bits per heavy atom. The molecule has 0 saturated carbocycles. The molecule has 36 heavy (non-hydrogen) atoms. The van der Waals surface area contributed by atoms with Crippen LogP contribution in [0, 0.1) is 0 Å². The van der Waals surface area contributed by atoms with Crippen LogP contribution in [0.25, 0.3) is 0 Å². The van der Waals surface area contributed by atoms with Crippen molar-refractivity contribution >= 4 is 17.6 Å². The Morgan fingerprint density at radius 2 is 1.72 bits per heavy atom. The number of hydrogen-bond acceptors (Lipinski definition) is 3. The minimum atomic E-state index is -4.94. The van der Waals surface area contributed by atoms with E-state index in [0.29, 0.717) is 31.5 Å². The molecule has 1 heterocycles. The van der Waals surface area contributed by atoms with Gasteiger partial charge < -0.3 is 20.7 Å². The Balaban J connectivity index is 1.80. The van der Waals surface area contributed by atoms with E-state index in [2.05, 4.69) is 16.0 Å². The molecule has 0 bridgehead atoms. The van der Waals surface area contributed by atoms with Crippen LogP contribution in [0.3, 0.4) is 0 Å². The van der Waals surface area contributed by atoms with E-state index >= 15 is 0 Å². The van der Waals surface area contributed by atoms with E-state index in [1.807, 2.05) is 30.3 Å². The summed E-state index contributed by atoms with van der Waals surface area (Å²) >= 11 is 5.50. The van der Waals surface area contributed by atoms with E-state index in [9.17, 15) is 31.1 Å². The molecule has 2 aromatic carbocycles. The average molecular weight is 538 g/mol. The molecule has 1 saturated heterocycles. The van der Waals surface area contributed by atoms with Gasteiger partial charge in [0.2, 0.25) is 0 Å². The first kappa shape index (κ1) is 28.1. The Bertz CT molecular complexity index is 992. The normalized spacial score (nSPS) is 21.6. The van der Waals surface area contributed by atoms with E-state index in [1.54, 1.807) is 0 Å². The van der Waals surface area contributed by atoms with Crippen LogP contribution in [0.4, 0.5) is 31.1 Å². The second-order valence-electron chi connectivity index (χ2n) is 8.64. The zero-order valence-corrected chi connectivity index (χ0v) is 20.0. The molecule has 198 valence electrons. The van der Waals surface area contributed by atoms with Crippen molar-refractivity contribution in [1.29, 1.82) is 0 Å². The number of halogens is 7. The lowest BCUT2D eigenvalue weighted by atomic mass is 9.81. The molecule has 3 N–H and O–H groups in total. The number of alkyl halides is 7. The number of carbonyl (C=O) groups excluding carboxylic acids is 1. The van der Waals surface area contributed by atoms with Crippen molar-refractivity contribution in [3.8, 4) is 0 Å². The van der Waals surface area contributed by atoms with Gasteiger partial charge in [-0.15, -0.1) is 11.6 Å². The van der Waals surface area contributed by atoms with E-state index in [0.717, 1.165) is 5.56 Å². The molecule has 1 aliphatic rings. The van der Waals surface area contributed by atoms with Crippen molar-refractivity contribution in [2.45, 2.75) is 49.8 Å². The highest BCUT2D eigenvalue weighted by Crippen LogP contribution is 2.39. The topological polar surface area (TPSA) is 62.4 Å². The van der Waals surface area contributed by atoms with Crippen LogP contribution < -0.4 is 16.0 Å². The van der Waals surface area contributed by atoms with E-state index < -0.39 is 41.2 Å². The van der Waals surface area contributed by atoms with Crippen LogP contribution in [0.1, 0.15) is 48.1 Å². The number of nitrogens with one attached hydrogen (secondary N) is 3. The first-order valence-corrected chi connectivity index (χ1v) is 11.7. The molecule has 2 amide bonds. The van der Waals surface area contributed by atoms with Crippen molar-refractivity contribution < 1.29 is 35.9 Å². The van der Waals surface area contributed by atoms with Crippen LogP contribution in [0.15, 0.2) is 48.5 Å². The second-order valence-corrected chi connectivity index (χ2v) is 8.91. The van der Waals surface area contributed by atoms with Gasteiger partial charge in [0.15, 0.2) is 0 Å². The fraction of sp³-hybridized carbons (Fsp3) is 0.458. The number of amides is 2. The zero-order chi connectivity index (χ0) is 26.6. The van der Waals surface area contributed by atoms with Gasteiger partial charge in [0.1, 0.15) is 0 Å². The second kappa shape index (κ2) is 11.3. The highest BCUT2D eigenvalue weighted by Gasteiger charge is 2.39. The van der Waals surface area contributed by atoms with Gasteiger partial charge in [-0.1, -0.05) is 30.3 Å². The van der Waals surface area contributed by atoms with Crippen LogP contribution >= 0.6 is 11.6 Å². The molecule has 0 aromatic heterocycles. The molecule has 0 spiro atoms. The molecule has 1 aliphatic heterocycles. The van der Waals surface area contributed by atoms with Gasteiger partial charge in [0.25, 0.3) is 0 Å². The minimum Gasteiger partial charge on any atom is -0.372 e. The lowest BCUT2D eigenvalue weighted by Crippen LogP contribution is -2.58. The van der Waals surface area contributed by atoms with Crippen LogP contribution in [0.2, 0.25) is 0 Å². The largest absolute Gasteiger partial charge is 0.416 e. The van der Waals surface area contributed by atoms with Crippen molar-refractivity contribution in [2.24, 2.45) is 0 Å². The summed E-state index contributed by atoms with van der Waals surface area (Å²) in [5.41, 5.74) is -2.92. The Morgan fingerprint density at radius 1 is 1.11 bits per heavy atom. The van der Waals surface area contributed by atoms with Gasteiger partial charge in [0.05, 0.1) is 35.4 Å². The zero-order valence-electron chi connectivity index (χ0n) is 19.3. The lowest BCUT2D eigenvalue weighted by molar-refractivity contribution is -0.143. The van der Waals surface area contributed by atoms with Gasteiger partial charge in [-0.2, -0.15) is 26.3 Å². The highest BCUT2D eigenvalue weighted by atomic mass is 35.5. The number of benzene rings is 2. The molecule has 1 fully saturated rings. The van der Waals surface area contributed by atoms with Gasteiger partial charge in [0, 0.05) is 12.6 Å². The summed E-state index contributed by atoms with van der Waals surface area (Å²) in [4.78, 5) is 11.8. The van der Waals surface area contributed by atoms with Crippen molar-refractivity contribution in [2.75, 3.05) is 19.2 Å². The third kappa shape index (κ3) is 7.04. The Hall–Kier alpha value is -2.50. The summed E-state index contributed by atoms with van der Waals surface area (Å²) in [6.07, 6.45) is -9.89. The smallest absolute Gasteiger partial charge is 0.372 e. The fourth-order valence-corrected chi connectivity index (χ4v) is 4.26. The van der Waals surface area contributed by atoms with Gasteiger partial charge in [-0.3, -0.25) is 0 Å². The lowest BCUT2D eigenvalue weighted by Gasteiger charge is -2.42. The molecule has 1 unspecified atom stereocenters. The van der Waals surface area contributed by atoms with E-state index in [1.165, 1.54) is 6.92 Å². The SMILES string of the molecule is CC(OC[C@@]1(c2ccccc2)CC[C@H](NC(=O)NCCl)CN1)c1cc(C(F)(F)F)cc(C(F)(F)F)c1. The molecule has 3 rings (SSSR count). The summed E-state index contributed by atoms with van der Waals surface area (Å²) < 4.78 is 85.5. The molecule has 12 heteroatoms. The minimum absolute atomic E-state index is 0.0175. The monoisotopic (exact) mass is 537 g/mol. The fourth-order valence-electron chi connectivity index (χ4n) is 4.14. The molecule has 0 aliphatic carbocycles. The highest BCUT2D eigenvalue weighted by molar-refractivity contribution is 6.18. The third-order valence-electron chi connectivity index (χ3n) is 6.15. The molecule has 2 aromatic rings. The number of ether oxygens (including phenoxy) is 1. The number of piperidine rings is 1. The average Bonchev–Trinajstić information content (AvgIpc) is 2.83. The third-order valence-corrected chi connectivity index (χ3v) is 6.29. The number of carbonyl (C=O) groups is 1. The number of urea groups is 1. The Labute approximate surface area is 209 Å². The summed E-state index contributed by atoms with van der Waals surface area (Å²) in [7, 11) is 0. The van der Waals surface area contributed by atoms with Crippen molar-refractivity contribution in [3.63, 3.8) is 0 Å². The number of hydrogen-bond donors (Lipinski definition) is 3. The number of rotatable bonds is 7. The van der Waals surface area contributed by atoms with Crippen LogP contribution in [0.5, 0.6) is 0 Å². The molecular weight excluding hydrogens is 512 g/mol. The van der Waals surface area contributed by atoms with Crippen molar-refractivity contribution in [3.05, 3.63) is 70.8 Å². The summed E-state index contributed by atoms with van der Waals surface area (Å²) in [5, 5.41) is 8.59. The summed E-state index contributed by atoms with van der Waals surface area (Å²) in [6, 6.07) is 9.98. The maximum Gasteiger partial charge on any atom is 0.416 e. The molecule has 0 radical (unpaired) electrons. The van der Waals surface area contributed by atoms with Crippen LogP contribution in [-0.4, -0.2) is 31.2 Å². The maximum atomic E-state index is 13.3. The summed E-state index contributed by atoms with van der Waals surface area (Å²) in [6.45, 7) is 1.76. The molecular formula is C24H26ClF6N3O2. The van der Waals surface area contributed by atoms with Gasteiger partial charge >= 0.3 is 18.4 Å². The van der Waals surface area contributed by atoms with E-state index in [4.69, 9.17) is 16.3 Å². The van der Waals surface area contributed by atoms with E-state index in [-0.39, 0.29) is 30.3 Å². The maximum absolute atomic E-state index is 13.3. The predicted octanol–water partition coefficient (Wildman–Crippen LogP) is 5.94. The van der Waals surface area contributed by atoms with Crippen LogP contribution in [-0.2, 0) is 22.6 Å².